The van der Waals surface area contributed by atoms with E-state index in [1.165, 1.54) is 33.7 Å². The van der Waals surface area contributed by atoms with Gasteiger partial charge in [-0.1, -0.05) is 43.3 Å². The third kappa shape index (κ3) is 7.10. The Balaban J connectivity index is 1.10. The van der Waals surface area contributed by atoms with Crippen molar-refractivity contribution in [3.05, 3.63) is 117 Å². The highest BCUT2D eigenvalue weighted by atomic mass is 16.6. The van der Waals surface area contributed by atoms with Crippen molar-refractivity contribution in [2.24, 2.45) is 0 Å². The molecule has 6 rings (SSSR count). The van der Waals surface area contributed by atoms with Crippen LogP contribution in [0.4, 0.5) is 11.6 Å². The summed E-state index contributed by atoms with van der Waals surface area (Å²) in [7, 11) is 0. The van der Waals surface area contributed by atoms with E-state index in [9.17, 15) is 29.4 Å². The van der Waals surface area contributed by atoms with Crippen molar-refractivity contribution in [1.82, 2.24) is 19.1 Å². The van der Waals surface area contributed by atoms with E-state index < -0.39 is 66.2 Å². The summed E-state index contributed by atoms with van der Waals surface area (Å²) in [6.45, 7) is 1.62. The SMILES string of the molecule is CC[C@H]1O[C@@H](n2ccc(NC(=O)c3ccccc3)nc2=O)C(OC[C@H]2O[C@@H](n3ccc(NC(=O)c4ccccc4)nc3=O)C[C@H]2O)[C@H]1O. The van der Waals surface area contributed by atoms with Crippen molar-refractivity contribution in [1.29, 1.82) is 0 Å². The molecule has 4 N–H and O–H groups in total. The maximum Gasteiger partial charge on any atom is 0.351 e. The summed E-state index contributed by atoms with van der Waals surface area (Å²) in [6, 6.07) is 19.8. The van der Waals surface area contributed by atoms with Gasteiger partial charge in [0.1, 0.15) is 36.2 Å². The Hall–Kier alpha value is -5.06. The molecule has 0 spiro atoms. The van der Waals surface area contributed by atoms with E-state index in [1.807, 2.05) is 6.92 Å². The van der Waals surface area contributed by atoms with E-state index in [4.69, 9.17) is 14.2 Å². The lowest BCUT2D eigenvalue weighted by atomic mass is 10.1. The highest BCUT2D eigenvalue weighted by Gasteiger charge is 2.46. The van der Waals surface area contributed by atoms with Crippen molar-refractivity contribution < 1.29 is 34.0 Å². The van der Waals surface area contributed by atoms with Gasteiger partial charge in [-0.05, 0) is 42.8 Å². The zero-order valence-electron chi connectivity index (χ0n) is 25.8. The van der Waals surface area contributed by atoms with E-state index in [-0.39, 0.29) is 24.7 Å². The molecule has 7 atom stereocenters. The molecule has 15 nitrogen and oxygen atoms in total. The number of rotatable bonds is 10. The fraction of sp³-hybridized carbons (Fsp3) is 0.333. The lowest BCUT2D eigenvalue weighted by Crippen LogP contribution is -2.40. The van der Waals surface area contributed by atoms with Crippen LogP contribution in [0.15, 0.2) is 94.8 Å². The predicted octanol–water partition coefficient (Wildman–Crippen LogP) is 1.71. The minimum atomic E-state index is -1.12. The van der Waals surface area contributed by atoms with Gasteiger partial charge in [-0.25, -0.2) is 9.59 Å². The van der Waals surface area contributed by atoms with Gasteiger partial charge >= 0.3 is 11.4 Å². The molecule has 2 aliphatic heterocycles. The smallest absolute Gasteiger partial charge is 0.351 e. The van der Waals surface area contributed by atoms with Gasteiger partial charge in [-0.15, -0.1) is 0 Å². The Kier molecular flexibility index (Phi) is 9.84. The predicted molar refractivity (Wildman–Crippen MR) is 170 cm³/mol. The van der Waals surface area contributed by atoms with Crippen molar-refractivity contribution in [3.63, 3.8) is 0 Å². The minimum Gasteiger partial charge on any atom is -0.390 e. The average molecular weight is 659 g/mol. The number of nitrogens with one attached hydrogen (secondary N) is 2. The Bertz CT molecular complexity index is 1870. The molecule has 4 heterocycles. The molecule has 2 saturated heterocycles. The number of ether oxygens (including phenoxy) is 3. The van der Waals surface area contributed by atoms with Gasteiger partial charge < -0.3 is 35.1 Å². The van der Waals surface area contributed by atoms with Crippen molar-refractivity contribution in [2.75, 3.05) is 17.2 Å². The quantitative estimate of drug-likeness (QED) is 0.194. The van der Waals surface area contributed by atoms with Gasteiger partial charge in [-0.3, -0.25) is 18.7 Å². The molecule has 1 unspecified atom stereocenters. The molecule has 4 aromatic rings. The number of nitrogens with zero attached hydrogens (tertiary/aromatic N) is 4. The molecule has 2 amide bonds. The molecule has 0 bridgehead atoms. The third-order valence-electron chi connectivity index (χ3n) is 8.17. The number of carbonyl (C=O) groups is 2. The third-order valence-corrected chi connectivity index (χ3v) is 8.17. The molecule has 0 radical (unpaired) electrons. The first kappa shape index (κ1) is 32.9. The van der Waals surface area contributed by atoms with Gasteiger partial charge in [-0.2, -0.15) is 9.97 Å². The number of aliphatic hydroxyl groups is 2. The molecule has 2 aromatic carbocycles. The topological polar surface area (TPSA) is 196 Å². The van der Waals surface area contributed by atoms with E-state index in [0.29, 0.717) is 17.5 Å². The van der Waals surface area contributed by atoms with Crippen LogP contribution in [0.5, 0.6) is 0 Å². The molecule has 15 heteroatoms. The highest BCUT2D eigenvalue weighted by molar-refractivity contribution is 6.04. The molecule has 2 fully saturated rings. The zero-order chi connectivity index (χ0) is 33.8. The Labute approximate surface area is 273 Å². The monoisotopic (exact) mass is 658 g/mol. The standard InChI is InChI=1S/C33H34N6O9/c1-2-22-27(41)28(31(48-22)39-16-14-25(37-33(39)45)35-30(43)20-11-7-4-8-12-20)46-18-23-21(40)17-26(47-23)38-15-13-24(36-32(38)44)34-29(42)19-9-5-3-6-10-19/h3-16,21-23,26-28,31,40-41H,2,17-18H2,1H3,(H,34,36,42,44)(H,35,37,43,45)/t21-,22-,23-,26-,27+,28?,31-/m1/s1. The van der Waals surface area contributed by atoms with Gasteiger partial charge in [0.25, 0.3) is 11.8 Å². The maximum atomic E-state index is 13.0. The number of hydrogen-bond donors (Lipinski definition) is 4. The van der Waals surface area contributed by atoms with E-state index >= 15 is 0 Å². The number of benzene rings is 2. The van der Waals surface area contributed by atoms with Gasteiger partial charge in [0.05, 0.1) is 18.8 Å². The van der Waals surface area contributed by atoms with E-state index in [2.05, 4.69) is 20.6 Å². The van der Waals surface area contributed by atoms with Crippen LogP contribution in [-0.4, -0.2) is 78.3 Å². The largest absolute Gasteiger partial charge is 0.390 e. The fourth-order valence-electron chi connectivity index (χ4n) is 5.64. The second-order valence-corrected chi connectivity index (χ2v) is 11.3. The summed E-state index contributed by atoms with van der Waals surface area (Å²) in [6.07, 6.45) is -3.39. The van der Waals surface area contributed by atoms with Crippen LogP contribution in [0.25, 0.3) is 0 Å². The second-order valence-electron chi connectivity index (χ2n) is 11.3. The Morgan fingerprint density at radius 2 is 1.35 bits per heavy atom. The lowest BCUT2D eigenvalue weighted by molar-refractivity contribution is -0.118. The number of aliphatic hydroxyl groups excluding tert-OH is 2. The number of aromatic nitrogens is 4. The first-order chi connectivity index (χ1) is 23.2. The number of amides is 2. The highest BCUT2D eigenvalue weighted by Crippen LogP contribution is 2.34. The molecule has 2 aliphatic rings. The maximum absolute atomic E-state index is 13.0. The van der Waals surface area contributed by atoms with Crippen LogP contribution in [-0.2, 0) is 14.2 Å². The molecular weight excluding hydrogens is 624 g/mol. The normalized spacial score (nSPS) is 25.1. The number of carbonyl (C=O) groups excluding carboxylic acids is 2. The molecule has 48 heavy (non-hydrogen) atoms. The number of anilines is 2. The van der Waals surface area contributed by atoms with E-state index in [0.717, 1.165) is 0 Å². The zero-order valence-corrected chi connectivity index (χ0v) is 25.8. The van der Waals surface area contributed by atoms with Crippen molar-refractivity contribution in [2.45, 2.75) is 62.7 Å². The Morgan fingerprint density at radius 3 is 1.88 bits per heavy atom. The van der Waals surface area contributed by atoms with Crippen LogP contribution >= 0.6 is 0 Å². The summed E-state index contributed by atoms with van der Waals surface area (Å²) in [5.74, 6) is -0.752. The van der Waals surface area contributed by atoms with Crippen LogP contribution in [0.3, 0.4) is 0 Å². The summed E-state index contributed by atoms with van der Waals surface area (Å²) < 4.78 is 20.3. The summed E-state index contributed by atoms with van der Waals surface area (Å²) in [4.78, 5) is 58.7. The fourth-order valence-corrected chi connectivity index (χ4v) is 5.64. The van der Waals surface area contributed by atoms with Gasteiger partial charge in [0, 0.05) is 29.9 Å². The molecule has 250 valence electrons. The van der Waals surface area contributed by atoms with Crippen LogP contribution in [0, 0.1) is 0 Å². The van der Waals surface area contributed by atoms with Crippen molar-refractivity contribution >= 4 is 23.5 Å². The average Bonchev–Trinajstić information content (AvgIpc) is 3.62. The summed E-state index contributed by atoms with van der Waals surface area (Å²) >= 11 is 0. The molecule has 0 aliphatic carbocycles. The first-order valence-electron chi connectivity index (χ1n) is 15.4. The van der Waals surface area contributed by atoms with Crippen LogP contribution in [0.1, 0.15) is 52.9 Å². The lowest BCUT2D eigenvalue weighted by Gasteiger charge is -2.24. The molecule has 0 saturated carbocycles. The van der Waals surface area contributed by atoms with Crippen LogP contribution in [0.2, 0.25) is 0 Å². The second kappa shape index (κ2) is 14.4. The first-order valence-corrected chi connectivity index (χ1v) is 15.4. The van der Waals surface area contributed by atoms with Gasteiger partial charge in [0.15, 0.2) is 6.23 Å². The Morgan fingerprint density at radius 1 is 0.812 bits per heavy atom. The summed E-state index contributed by atoms with van der Waals surface area (Å²) in [5.41, 5.74) is -0.630. The summed E-state index contributed by atoms with van der Waals surface area (Å²) in [5, 5.41) is 26.9. The van der Waals surface area contributed by atoms with E-state index in [1.54, 1.807) is 60.7 Å². The van der Waals surface area contributed by atoms with Crippen molar-refractivity contribution in [3.8, 4) is 0 Å². The molecule has 2 aromatic heterocycles. The molecular formula is C33H34N6O9. The number of hydrogen-bond acceptors (Lipinski definition) is 11. The van der Waals surface area contributed by atoms with Crippen LogP contribution < -0.4 is 22.0 Å². The minimum absolute atomic E-state index is 0.0398. The van der Waals surface area contributed by atoms with Gasteiger partial charge in [0.2, 0.25) is 0 Å².